The Kier molecular flexibility index (Phi) is 3.19. The van der Waals surface area contributed by atoms with Crippen LogP contribution in [-0.4, -0.2) is 46.5 Å². The van der Waals surface area contributed by atoms with E-state index >= 15 is 0 Å². The van der Waals surface area contributed by atoms with Gasteiger partial charge in [-0.2, -0.15) is 11.8 Å². The van der Waals surface area contributed by atoms with E-state index in [1.807, 2.05) is 11.8 Å². The summed E-state index contributed by atoms with van der Waals surface area (Å²) >= 11 is 1.92. The van der Waals surface area contributed by atoms with Crippen LogP contribution >= 0.6 is 11.8 Å². The molecule has 84 valence electrons. The first-order valence-corrected chi connectivity index (χ1v) is 6.40. The molecule has 2 saturated heterocycles. The SMILES string of the molecule is O=C(O)C1CC(=O)N(CC2CCSC2)C1. The van der Waals surface area contributed by atoms with Gasteiger partial charge in [0.1, 0.15) is 0 Å². The van der Waals surface area contributed by atoms with Gasteiger partial charge in [0.15, 0.2) is 0 Å². The number of amides is 1. The first kappa shape index (κ1) is 10.8. The van der Waals surface area contributed by atoms with Crippen molar-refractivity contribution in [1.29, 1.82) is 0 Å². The predicted octanol–water partition coefficient (Wildman–Crippen LogP) is 0.673. The van der Waals surface area contributed by atoms with Crippen molar-refractivity contribution in [2.75, 3.05) is 24.6 Å². The number of hydrogen-bond acceptors (Lipinski definition) is 3. The van der Waals surface area contributed by atoms with E-state index in [9.17, 15) is 9.59 Å². The molecule has 0 bridgehead atoms. The van der Waals surface area contributed by atoms with Crippen molar-refractivity contribution in [3.8, 4) is 0 Å². The van der Waals surface area contributed by atoms with Crippen LogP contribution in [0, 0.1) is 11.8 Å². The van der Waals surface area contributed by atoms with Crippen molar-refractivity contribution in [2.24, 2.45) is 11.8 Å². The summed E-state index contributed by atoms with van der Waals surface area (Å²) in [6.45, 7) is 1.17. The maximum atomic E-state index is 11.5. The molecule has 1 amide bonds. The molecule has 2 aliphatic heterocycles. The van der Waals surface area contributed by atoms with Crippen molar-refractivity contribution in [1.82, 2.24) is 4.90 Å². The maximum Gasteiger partial charge on any atom is 0.308 e. The van der Waals surface area contributed by atoms with Crippen LogP contribution in [0.5, 0.6) is 0 Å². The lowest BCUT2D eigenvalue weighted by Gasteiger charge is -2.19. The first-order chi connectivity index (χ1) is 7.16. The molecule has 5 heteroatoms. The maximum absolute atomic E-state index is 11.5. The van der Waals surface area contributed by atoms with Gasteiger partial charge in [-0.1, -0.05) is 0 Å². The first-order valence-electron chi connectivity index (χ1n) is 5.25. The zero-order chi connectivity index (χ0) is 10.8. The number of aliphatic carboxylic acids is 1. The minimum Gasteiger partial charge on any atom is -0.481 e. The van der Waals surface area contributed by atoms with Gasteiger partial charge >= 0.3 is 5.97 Å². The zero-order valence-electron chi connectivity index (χ0n) is 8.52. The molecule has 2 unspecified atom stereocenters. The van der Waals surface area contributed by atoms with Crippen molar-refractivity contribution >= 4 is 23.6 Å². The molecular formula is C10H15NO3S. The molecule has 2 fully saturated rings. The van der Waals surface area contributed by atoms with Crippen LogP contribution in [-0.2, 0) is 9.59 Å². The van der Waals surface area contributed by atoms with Crippen molar-refractivity contribution in [3.63, 3.8) is 0 Å². The molecule has 2 aliphatic rings. The average Bonchev–Trinajstić information content (AvgIpc) is 2.77. The minimum atomic E-state index is -0.841. The van der Waals surface area contributed by atoms with Crippen LogP contribution in [0.3, 0.4) is 0 Å². The van der Waals surface area contributed by atoms with Crippen LogP contribution in [0.15, 0.2) is 0 Å². The van der Waals surface area contributed by atoms with Crippen molar-refractivity contribution in [3.05, 3.63) is 0 Å². The van der Waals surface area contributed by atoms with Gasteiger partial charge in [0.05, 0.1) is 5.92 Å². The lowest BCUT2D eigenvalue weighted by Crippen LogP contribution is -2.31. The summed E-state index contributed by atoms with van der Waals surface area (Å²) in [5, 5.41) is 8.83. The predicted molar refractivity (Wildman–Crippen MR) is 57.8 cm³/mol. The summed E-state index contributed by atoms with van der Waals surface area (Å²) in [4.78, 5) is 24.0. The van der Waals surface area contributed by atoms with Crippen LogP contribution in [0.1, 0.15) is 12.8 Å². The van der Waals surface area contributed by atoms with Gasteiger partial charge in [0.25, 0.3) is 0 Å². The molecule has 0 aliphatic carbocycles. The van der Waals surface area contributed by atoms with Crippen LogP contribution in [0.2, 0.25) is 0 Å². The zero-order valence-corrected chi connectivity index (χ0v) is 9.33. The Morgan fingerprint density at radius 2 is 2.40 bits per heavy atom. The molecular weight excluding hydrogens is 214 g/mol. The third-order valence-electron chi connectivity index (χ3n) is 3.07. The average molecular weight is 229 g/mol. The Morgan fingerprint density at radius 3 is 2.93 bits per heavy atom. The van der Waals surface area contributed by atoms with E-state index in [4.69, 9.17) is 5.11 Å². The third kappa shape index (κ3) is 2.45. The summed E-state index contributed by atoms with van der Waals surface area (Å²) in [5.41, 5.74) is 0. The smallest absolute Gasteiger partial charge is 0.308 e. The summed E-state index contributed by atoms with van der Waals surface area (Å²) in [5.74, 6) is 1.56. The van der Waals surface area contributed by atoms with Gasteiger partial charge in [0.2, 0.25) is 5.91 Å². The number of nitrogens with zero attached hydrogens (tertiary/aromatic N) is 1. The summed E-state index contributed by atoms with van der Waals surface area (Å²) in [6, 6.07) is 0. The molecule has 15 heavy (non-hydrogen) atoms. The molecule has 0 saturated carbocycles. The Morgan fingerprint density at radius 1 is 1.60 bits per heavy atom. The normalized spacial score (nSPS) is 31.2. The minimum absolute atomic E-state index is 0.0132. The molecule has 2 heterocycles. The van der Waals surface area contributed by atoms with Crippen LogP contribution < -0.4 is 0 Å². The van der Waals surface area contributed by atoms with E-state index in [1.54, 1.807) is 4.90 Å². The highest BCUT2D eigenvalue weighted by Gasteiger charge is 2.35. The third-order valence-corrected chi connectivity index (χ3v) is 4.30. The van der Waals surface area contributed by atoms with Gasteiger partial charge in [-0.05, 0) is 23.8 Å². The fourth-order valence-corrected chi connectivity index (χ4v) is 3.43. The van der Waals surface area contributed by atoms with Crippen molar-refractivity contribution in [2.45, 2.75) is 12.8 Å². The molecule has 0 aromatic carbocycles. The van der Waals surface area contributed by atoms with E-state index in [0.29, 0.717) is 12.5 Å². The number of thioether (sulfide) groups is 1. The summed E-state index contributed by atoms with van der Waals surface area (Å²) in [7, 11) is 0. The van der Waals surface area contributed by atoms with Crippen LogP contribution in [0.25, 0.3) is 0 Å². The number of carbonyl (C=O) groups is 2. The van der Waals surface area contributed by atoms with E-state index in [2.05, 4.69) is 0 Å². The highest BCUT2D eigenvalue weighted by atomic mass is 32.2. The number of rotatable bonds is 3. The highest BCUT2D eigenvalue weighted by Crippen LogP contribution is 2.27. The van der Waals surface area contributed by atoms with E-state index in [0.717, 1.165) is 18.7 Å². The van der Waals surface area contributed by atoms with Crippen molar-refractivity contribution < 1.29 is 14.7 Å². The van der Waals surface area contributed by atoms with Gasteiger partial charge in [-0.15, -0.1) is 0 Å². The number of carboxylic acids is 1. The summed E-state index contributed by atoms with van der Waals surface area (Å²) in [6.07, 6.45) is 1.35. The number of carboxylic acid groups (broad SMARTS) is 1. The van der Waals surface area contributed by atoms with E-state index in [-0.39, 0.29) is 12.3 Å². The highest BCUT2D eigenvalue weighted by molar-refractivity contribution is 7.99. The second-order valence-electron chi connectivity index (χ2n) is 4.27. The molecule has 0 radical (unpaired) electrons. The van der Waals surface area contributed by atoms with Gasteiger partial charge in [0, 0.05) is 19.5 Å². The topological polar surface area (TPSA) is 57.6 Å². The number of hydrogen-bond donors (Lipinski definition) is 1. The Labute approximate surface area is 93.0 Å². The van der Waals surface area contributed by atoms with Crippen LogP contribution in [0.4, 0.5) is 0 Å². The number of carbonyl (C=O) groups excluding carboxylic acids is 1. The Hall–Kier alpha value is -0.710. The number of likely N-dealkylation sites (tertiary alicyclic amines) is 1. The summed E-state index contributed by atoms with van der Waals surface area (Å²) < 4.78 is 0. The second kappa shape index (κ2) is 4.43. The Bertz CT molecular complexity index is 276. The monoisotopic (exact) mass is 229 g/mol. The van der Waals surface area contributed by atoms with E-state index in [1.165, 1.54) is 5.75 Å². The van der Waals surface area contributed by atoms with Gasteiger partial charge in [-0.3, -0.25) is 9.59 Å². The fourth-order valence-electron chi connectivity index (χ4n) is 2.15. The molecule has 1 N–H and O–H groups in total. The standard InChI is InChI=1S/C10H15NO3S/c12-9-3-8(10(13)14)5-11(9)4-7-1-2-15-6-7/h7-8H,1-6H2,(H,13,14). The molecule has 2 rings (SSSR count). The molecule has 4 nitrogen and oxygen atoms in total. The Balaban J connectivity index is 1.87. The van der Waals surface area contributed by atoms with E-state index < -0.39 is 11.9 Å². The molecule has 2 atom stereocenters. The van der Waals surface area contributed by atoms with Gasteiger partial charge < -0.3 is 10.0 Å². The second-order valence-corrected chi connectivity index (χ2v) is 5.42. The molecule has 0 aromatic heterocycles. The van der Waals surface area contributed by atoms with Gasteiger partial charge in [-0.25, -0.2) is 0 Å². The lowest BCUT2D eigenvalue weighted by atomic mass is 10.1. The largest absolute Gasteiger partial charge is 0.481 e. The quantitative estimate of drug-likeness (QED) is 0.773. The molecule has 0 aromatic rings. The molecule has 0 spiro atoms. The lowest BCUT2D eigenvalue weighted by molar-refractivity contribution is -0.141. The fraction of sp³-hybridized carbons (Fsp3) is 0.800.